The first kappa shape index (κ1) is 14.7. The zero-order chi connectivity index (χ0) is 16.0. The minimum atomic E-state index is -4.33. The van der Waals surface area contributed by atoms with Gasteiger partial charge in [-0.15, -0.1) is 11.3 Å². The summed E-state index contributed by atoms with van der Waals surface area (Å²) in [5.74, 6) is 0.864. The summed E-state index contributed by atoms with van der Waals surface area (Å²) in [6.07, 6.45) is -0.265. The van der Waals surface area contributed by atoms with Crippen molar-refractivity contribution < 1.29 is 13.2 Å². The third kappa shape index (κ3) is 2.65. The molecule has 122 valence electrons. The summed E-state index contributed by atoms with van der Waals surface area (Å²) in [7, 11) is 0. The zero-order valence-corrected chi connectivity index (χ0v) is 13.0. The average Bonchev–Trinajstić information content (AvgIpc) is 3.22. The molecule has 2 aliphatic rings. The van der Waals surface area contributed by atoms with Crippen LogP contribution in [0.5, 0.6) is 0 Å². The molecular weight excluding hydrogens is 325 g/mol. The van der Waals surface area contributed by atoms with Crippen molar-refractivity contribution >= 4 is 22.3 Å². The van der Waals surface area contributed by atoms with Gasteiger partial charge in [-0.05, 0) is 18.6 Å². The topological polar surface area (TPSA) is 32.3 Å². The normalized spacial score (nSPS) is 24.3. The third-order valence-corrected chi connectivity index (χ3v) is 5.42. The minimum absolute atomic E-state index is 0.303. The molecule has 8 heteroatoms. The van der Waals surface area contributed by atoms with Crippen molar-refractivity contribution in [2.24, 2.45) is 5.92 Å². The SMILES string of the molecule is FC(F)(F)c1ccnc(N2CC3CCN(c4nccs4)C3C2)c1. The Kier molecular flexibility index (Phi) is 3.44. The quantitative estimate of drug-likeness (QED) is 0.840. The number of hydrogen-bond acceptors (Lipinski definition) is 5. The van der Waals surface area contributed by atoms with Crippen molar-refractivity contribution in [2.75, 3.05) is 29.4 Å². The lowest BCUT2D eigenvalue weighted by molar-refractivity contribution is -0.137. The van der Waals surface area contributed by atoms with Crippen LogP contribution in [0.2, 0.25) is 0 Å². The van der Waals surface area contributed by atoms with Gasteiger partial charge in [0.15, 0.2) is 5.13 Å². The van der Waals surface area contributed by atoms with Crippen LogP contribution in [0.15, 0.2) is 29.9 Å². The van der Waals surface area contributed by atoms with Crippen molar-refractivity contribution in [1.82, 2.24) is 9.97 Å². The molecule has 0 spiro atoms. The molecule has 0 amide bonds. The zero-order valence-electron chi connectivity index (χ0n) is 12.2. The van der Waals surface area contributed by atoms with Gasteiger partial charge < -0.3 is 9.80 Å². The fraction of sp³-hybridized carbons (Fsp3) is 0.467. The van der Waals surface area contributed by atoms with Gasteiger partial charge in [0.05, 0.1) is 11.6 Å². The van der Waals surface area contributed by atoms with Gasteiger partial charge in [0.1, 0.15) is 5.82 Å². The van der Waals surface area contributed by atoms with E-state index in [9.17, 15) is 13.2 Å². The summed E-state index contributed by atoms with van der Waals surface area (Å²) in [5, 5.41) is 2.94. The van der Waals surface area contributed by atoms with Crippen LogP contribution in [-0.4, -0.2) is 35.6 Å². The van der Waals surface area contributed by atoms with E-state index in [4.69, 9.17) is 0 Å². The largest absolute Gasteiger partial charge is 0.416 e. The summed E-state index contributed by atoms with van der Waals surface area (Å²) in [6.45, 7) is 2.41. The highest BCUT2D eigenvalue weighted by Crippen LogP contribution is 2.38. The monoisotopic (exact) mass is 340 g/mol. The summed E-state index contributed by atoms with van der Waals surface area (Å²) in [6, 6.07) is 2.47. The summed E-state index contributed by atoms with van der Waals surface area (Å²) >= 11 is 1.60. The molecule has 23 heavy (non-hydrogen) atoms. The molecule has 2 fully saturated rings. The molecule has 2 aromatic rings. The number of rotatable bonds is 2. The molecule has 0 saturated carbocycles. The molecule has 0 aromatic carbocycles. The maximum Gasteiger partial charge on any atom is 0.416 e. The van der Waals surface area contributed by atoms with Crippen LogP contribution >= 0.6 is 11.3 Å². The van der Waals surface area contributed by atoms with Crippen molar-refractivity contribution in [1.29, 1.82) is 0 Å². The fourth-order valence-corrected chi connectivity index (χ4v) is 4.24. The lowest BCUT2D eigenvalue weighted by atomic mass is 10.1. The summed E-state index contributed by atoms with van der Waals surface area (Å²) < 4.78 is 38.6. The third-order valence-electron chi connectivity index (χ3n) is 4.61. The number of anilines is 2. The number of fused-ring (bicyclic) bond motifs is 1. The molecule has 4 rings (SSSR count). The number of nitrogens with zero attached hydrogens (tertiary/aromatic N) is 4. The smallest absolute Gasteiger partial charge is 0.354 e. The van der Waals surface area contributed by atoms with E-state index in [1.807, 2.05) is 10.3 Å². The van der Waals surface area contributed by atoms with Crippen LogP contribution in [0, 0.1) is 5.92 Å². The first-order valence-electron chi connectivity index (χ1n) is 7.47. The van der Waals surface area contributed by atoms with Gasteiger partial charge >= 0.3 is 6.18 Å². The summed E-state index contributed by atoms with van der Waals surface area (Å²) in [4.78, 5) is 12.8. The van der Waals surface area contributed by atoms with Crippen molar-refractivity contribution in [3.05, 3.63) is 35.5 Å². The Bertz CT molecular complexity index is 688. The first-order valence-corrected chi connectivity index (χ1v) is 8.34. The van der Waals surface area contributed by atoms with Gasteiger partial charge in [-0.2, -0.15) is 13.2 Å². The maximum absolute atomic E-state index is 12.9. The molecule has 2 unspecified atom stereocenters. The van der Waals surface area contributed by atoms with Gasteiger partial charge in [-0.1, -0.05) is 0 Å². The number of hydrogen-bond donors (Lipinski definition) is 0. The van der Waals surface area contributed by atoms with Crippen LogP contribution in [0.25, 0.3) is 0 Å². The molecule has 2 aromatic heterocycles. The molecule has 2 saturated heterocycles. The van der Waals surface area contributed by atoms with Crippen LogP contribution in [0.4, 0.5) is 24.1 Å². The van der Waals surface area contributed by atoms with Crippen LogP contribution in [0.1, 0.15) is 12.0 Å². The molecule has 4 heterocycles. The number of alkyl halides is 3. The molecule has 2 atom stereocenters. The molecule has 0 N–H and O–H groups in total. The van der Waals surface area contributed by atoms with E-state index < -0.39 is 11.7 Å². The van der Waals surface area contributed by atoms with Crippen molar-refractivity contribution in [3.63, 3.8) is 0 Å². The average molecular weight is 340 g/mol. The van der Waals surface area contributed by atoms with E-state index in [-0.39, 0.29) is 0 Å². The fourth-order valence-electron chi connectivity index (χ4n) is 3.51. The van der Waals surface area contributed by atoms with Crippen molar-refractivity contribution in [3.8, 4) is 0 Å². The highest BCUT2D eigenvalue weighted by Gasteiger charge is 2.43. The van der Waals surface area contributed by atoms with E-state index in [0.717, 1.165) is 36.8 Å². The second-order valence-electron chi connectivity index (χ2n) is 5.93. The van der Waals surface area contributed by atoms with Crippen LogP contribution < -0.4 is 9.80 Å². The Hall–Kier alpha value is -1.83. The highest BCUT2D eigenvalue weighted by molar-refractivity contribution is 7.13. The Morgan fingerprint density at radius 1 is 1.17 bits per heavy atom. The van der Waals surface area contributed by atoms with E-state index >= 15 is 0 Å². The van der Waals surface area contributed by atoms with Gasteiger partial charge in [0, 0.05) is 43.3 Å². The summed E-state index contributed by atoms with van der Waals surface area (Å²) in [5.41, 5.74) is -0.642. The molecule has 0 radical (unpaired) electrons. The Labute approximate surface area is 135 Å². The second-order valence-corrected chi connectivity index (χ2v) is 6.80. The number of aromatic nitrogens is 2. The standard InChI is InChI=1S/C15H15F3N4S/c16-15(17,18)11-1-3-19-13(7-11)21-8-10-2-5-22(12(10)9-21)14-20-4-6-23-14/h1,3-4,6-7,10,12H,2,5,8-9H2. The van der Waals surface area contributed by atoms with Crippen LogP contribution in [0.3, 0.4) is 0 Å². The lowest BCUT2D eigenvalue weighted by Gasteiger charge is -2.25. The molecule has 0 bridgehead atoms. The lowest BCUT2D eigenvalue weighted by Crippen LogP contribution is -2.35. The van der Waals surface area contributed by atoms with Crippen LogP contribution in [-0.2, 0) is 6.18 Å². The Morgan fingerprint density at radius 3 is 2.78 bits per heavy atom. The van der Waals surface area contributed by atoms with Gasteiger partial charge in [-0.3, -0.25) is 0 Å². The predicted molar refractivity (Wildman–Crippen MR) is 82.8 cm³/mol. The Morgan fingerprint density at radius 2 is 2.04 bits per heavy atom. The molecule has 0 aliphatic carbocycles. The van der Waals surface area contributed by atoms with Gasteiger partial charge in [-0.25, -0.2) is 9.97 Å². The van der Waals surface area contributed by atoms with E-state index in [1.54, 1.807) is 17.5 Å². The number of thiazole rings is 1. The number of halogens is 3. The van der Waals surface area contributed by atoms with E-state index in [2.05, 4.69) is 14.9 Å². The molecule has 2 aliphatic heterocycles. The minimum Gasteiger partial charge on any atom is -0.354 e. The first-order chi connectivity index (χ1) is 11.0. The second kappa shape index (κ2) is 5.36. The highest BCUT2D eigenvalue weighted by atomic mass is 32.1. The van der Waals surface area contributed by atoms with E-state index in [1.165, 1.54) is 6.20 Å². The van der Waals surface area contributed by atoms with Gasteiger partial charge in [0.25, 0.3) is 0 Å². The Balaban J connectivity index is 1.55. The molecular formula is C15H15F3N4S. The predicted octanol–water partition coefficient (Wildman–Crippen LogP) is 3.27. The van der Waals surface area contributed by atoms with Crippen molar-refractivity contribution in [2.45, 2.75) is 18.6 Å². The van der Waals surface area contributed by atoms with E-state index in [0.29, 0.717) is 24.3 Å². The maximum atomic E-state index is 12.9. The number of pyridine rings is 1. The van der Waals surface area contributed by atoms with Gasteiger partial charge in [0.2, 0.25) is 0 Å². The molecule has 4 nitrogen and oxygen atoms in total.